The molecule has 3 nitrogen and oxygen atoms in total. The smallest absolute Gasteiger partial charge is 0.256 e. The number of hydrogen-bond acceptors (Lipinski definition) is 2. The second kappa shape index (κ2) is 9.37. The molecular formula is C16H13ClF2NO2Y-. The van der Waals surface area contributed by atoms with Crippen molar-refractivity contribution in [2.75, 3.05) is 13.2 Å². The first-order valence-electron chi connectivity index (χ1n) is 6.54. The van der Waals surface area contributed by atoms with Crippen molar-refractivity contribution >= 4 is 23.2 Å². The number of alkyl halides is 3. The topological polar surface area (TPSA) is 29.5 Å². The maximum absolute atomic E-state index is 12.7. The van der Waals surface area contributed by atoms with Crippen molar-refractivity contribution in [2.24, 2.45) is 0 Å². The SMILES string of the molecule is C#CCOc1ccc(C2=[C-]CC(Cl)C(=O)N2CC(F)F)cc1.[Y]. The van der Waals surface area contributed by atoms with Gasteiger partial charge in [-0.25, -0.2) is 14.9 Å². The number of carbonyl (C=O) groups excluding carboxylic acids is 1. The van der Waals surface area contributed by atoms with Crippen LogP contribution in [0, 0.1) is 18.4 Å². The van der Waals surface area contributed by atoms with E-state index in [1.807, 2.05) is 0 Å². The Morgan fingerprint density at radius 1 is 1.43 bits per heavy atom. The minimum atomic E-state index is -2.65. The predicted molar refractivity (Wildman–Crippen MR) is 79.4 cm³/mol. The third-order valence-corrected chi connectivity index (χ3v) is 3.36. The van der Waals surface area contributed by atoms with Crippen LogP contribution < -0.4 is 4.74 Å². The van der Waals surface area contributed by atoms with Crippen LogP contribution in [-0.4, -0.2) is 35.8 Å². The molecule has 23 heavy (non-hydrogen) atoms. The molecule has 0 spiro atoms. The zero-order valence-electron chi connectivity index (χ0n) is 12.1. The molecule has 1 atom stereocenters. The maximum atomic E-state index is 12.7. The molecule has 1 aromatic carbocycles. The van der Waals surface area contributed by atoms with E-state index in [1.165, 1.54) is 0 Å². The molecule has 1 heterocycles. The van der Waals surface area contributed by atoms with Crippen molar-refractivity contribution in [1.29, 1.82) is 0 Å². The minimum absolute atomic E-state index is 0. The third kappa shape index (κ3) is 5.27. The van der Waals surface area contributed by atoms with Crippen LogP contribution in [0.25, 0.3) is 5.70 Å². The fourth-order valence-corrected chi connectivity index (χ4v) is 2.25. The van der Waals surface area contributed by atoms with Gasteiger partial charge in [-0.1, -0.05) is 12.3 Å². The van der Waals surface area contributed by atoms with Crippen molar-refractivity contribution in [2.45, 2.75) is 18.2 Å². The van der Waals surface area contributed by atoms with Crippen molar-refractivity contribution in [3.63, 3.8) is 0 Å². The maximum Gasteiger partial charge on any atom is 0.256 e. The summed E-state index contributed by atoms with van der Waals surface area (Å²) >= 11 is 5.83. The Morgan fingerprint density at radius 3 is 2.65 bits per heavy atom. The van der Waals surface area contributed by atoms with Crippen LogP contribution in [0.3, 0.4) is 0 Å². The van der Waals surface area contributed by atoms with Crippen LogP contribution in [0.2, 0.25) is 0 Å². The first-order chi connectivity index (χ1) is 10.5. The van der Waals surface area contributed by atoms with Gasteiger partial charge in [0.25, 0.3) is 6.43 Å². The van der Waals surface area contributed by atoms with E-state index in [2.05, 4.69) is 12.0 Å². The van der Waals surface area contributed by atoms with Crippen LogP contribution >= 0.6 is 11.6 Å². The van der Waals surface area contributed by atoms with Gasteiger partial charge in [0.05, 0.1) is 6.54 Å². The number of halogens is 3. The molecule has 1 aliphatic heterocycles. The number of hydrogen-bond donors (Lipinski definition) is 0. The second-order valence-corrected chi connectivity index (χ2v) is 5.08. The van der Waals surface area contributed by atoms with Crippen LogP contribution in [0.5, 0.6) is 5.75 Å². The average molecular weight is 414 g/mol. The number of amides is 1. The fraction of sp³-hybridized carbons (Fsp3) is 0.312. The Bertz CT molecular complexity index is 614. The molecule has 0 fully saturated rings. The molecule has 1 aromatic rings. The van der Waals surface area contributed by atoms with E-state index in [0.717, 1.165) is 4.90 Å². The molecule has 1 radical (unpaired) electrons. The minimum Gasteiger partial charge on any atom is -0.481 e. The Hall–Kier alpha value is -0.956. The van der Waals surface area contributed by atoms with Gasteiger partial charge in [-0.2, -0.15) is 5.56 Å². The Morgan fingerprint density at radius 2 is 2.09 bits per heavy atom. The van der Waals surface area contributed by atoms with Crippen LogP contribution in [-0.2, 0) is 37.5 Å². The summed E-state index contributed by atoms with van der Waals surface area (Å²) in [6, 6.07) is 6.63. The molecule has 2 rings (SSSR count). The van der Waals surface area contributed by atoms with Gasteiger partial charge >= 0.3 is 0 Å². The fourth-order valence-electron chi connectivity index (χ4n) is 2.06. The zero-order valence-corrected chi connectivity index (χ0v) is 15.7. The molecule has 1 aliphatic rings. The summed E-state index contributed by atoms with van der Waals surface area (Å²) in [5.41, 5.74) is 0.899. The molecule has 0 aromatic heterocycles. The van der Waals surface area contributed by atoms with E-state index < -0.39 is 24.3 Å². The summed E-state index contributed by atoms with van der Waals surface area (Å²) in [4.78, 5) is 13.0. The standard InChI is InChI=1S/C16H13ClF2NO2.Y/c1-2-9-22-12-5-3-11(4-6-12)14-8-7-13(17)16(21)20(14)10-15(18)19;/h1,3-6,13,15H,7,9-10H2;/q-1;. The molecular weight excluding hydrogens is 401 g/mol. The van der Waals surface area contributed by atoms with E-state index in [1.54, 1.807) is 24.3 Å². The van der Waals surface area contributed by atoms with Gasteiger partial charge in [0.15, 0.2) is 0 Å². The van der Waals surface area contributed by atoms with Gasteiger partial charge < -0.3 is 9.64 Å². The van der Waals surface area contributed by atoms with Crippen molar-refractivity contribution in [3.8, 4) is 18.1 Å². The predicted octanol–water partition coefficient (Wildman–Crippen LogP) is 2.94. The number of rotatable bonds is 5. The molecule has 0 N–H and O–H groups in total. The molecule has 0 bridgehead atoms. The number of nitrogens with zero attached hydrogens (tertiary/aromatic N) is 1. The third-order valence-electron chi connectivity index (χ3n) is 3.02. The number of terminal acetylenes is 1. The molecule has 0 saturated carbocycles. The molecule has 7 heteroatoms. The zero-order chi connectivity index (χ0) is 16.1. The van der Waals surface area contributed by atoms with E-state index in [4.69, 9.17) is 22.8 Å². The molecule has 0 saturated heterocycles. The molecule has 1 unspecified atom stereocenters. The molecule has 0 aliphatic carbocycles. The summed E-state index contributed by atoms with van der Waals surface area (Å²) in [5.74, 6) is 2.36. The van der Waals surface area contributed by atoms with Gasteiger partial charge in [0.1, 0.15) is 17.7 Å². The summed E-state index contributed by atoms with van der Waals surface area (Å²) in [6.45, 7) is -0.572. The van der Waals surface area contributed by atoms with Gasteiger partial charge in [0.2, 0.25) is 5.91 Å². The van der Waals surface area contributed by atoms with E-state index in [0.29, 0.717) is 17.0 Å². The number of allylic oxidation sites excluding steroid dienone is 1. The summed E-state index contributed by atoms with van der Waals surface area (Å²) in [5, 5.41) is -0.860. The van der Waals surface area contributed by atoms with Gasteiger partial charge in [-0.15, -0.1) is 35.9 Å². The van der Waals surface area contributed by atoms with Crippen molar-refractivity contribution in [3.05, 3.63) is 35.9 Å². The van der Waals surface area contributed by atoms with Gasteiger partial charge in [0, 0.05) is 32.7 Å². The second-order valence-electron chi connectivity index (χ2n) is 4.55. The Balaban J connectivity index is 0.00000264. The van der Waals surface area contributed by atoms with Crippen LogP contribution in [0.15, 0.2) is 24.3 Å². The first kappa shape index (κ1) is 20.1. The quantitative estimate of drug-likeness (QED) is 0.422. The summed E-state index contributed by atoms with van der Waals surface area (Å²) < 4.78 is 30.6. The number of ether oxygens (including phenoxy) is 1. The van der Waals surface area contributed by atoms with Crippen LogP contribution in [0.4, 0.5) is 8.78 Å². The van der Waals surface area contributed by atoms with Crippen molar-refractivity contribution in [1.82, 2.24) is 4.90 Å². The number of carbonyl (C=O) groups is 1. The molecule has 119 valence electrons. The largest absolute Gasteiger partial charge is 0.481 e. The Labute approximate surface area is 163 Å². The monoisotopic (exact) mass is 413 g/mol. The van der Waals surface area contributed by atoms with E-state index in [-0.39, 0.29) is 45.7 Å². The Kier molecular flexibility index (Phi) is 8.18. The normalized spacial score (nSPS) is 17.3. The summed E-state index contributed by atoms with van der Waals surface area (Å²) in [7, 11) is 0. The average Bonchev–Trinajstić information content (AvgIpc) is 2.50. The number of benzene rings is 1. The van der Waals surface area contributed by atoms with Gasteiger partial charge in [-0.3, -0.25) is 4.79 Å². The summed E-state index contributed by atoms with van der Waals surface area (Å²) in [6.07, 6.45) is 5.55. The van der Waals surface area contributed by atoms with Crippen LogP contribution in [0.1, 0.15) is 12.0 Å². The van der Waals surface area contributed by atoms with E-state index in [9.17, 15) is 13.6 Å². The molecule has 1 amide bonds. The van der Waals surface area contributed by atoms with E-state index >= 15 is 0 Å². The van der Waals surface area contributed by atoms with Gasteiger partial charge in [-0.05, 0) is 12.1 Å². The first-order valence-corrected chi connectivity index (χ1v) is 6.97. The van der Waals surface area contributed by atoms with Crippen molar-refractivity contribution < 1.29 is 51.0 Å².